The number of halogens is 1. The van der Waals surface area contributed by atoms with Gasteiger partial charge < -0.3 is 24.4 Å². The Kier molecular flexibility index (Phi) is 9.79. The predicted molar refractivity (Wildman–Crippen MR) is 142 cm³/mol. The smallest absolute Gasteiger partial charge is 0.295 e. The summed E-state index contributed by atoms with van der Waals surface area (Å²) >= 11 is 6.01. The first-order chi connectivity index (χ1) is 17.3. The van der Waals surface area contributed by atoms with Gasteiger partial charge in [0.05, 0.1) is 24.8 Å². The zero-order chi connectivity index (χ0) is 26.2. The fourth-order valence-corrected chi connectivity index (χ4v) is 4.31. The summed E-state index contributed by atoms with van der Waals surface area (Å²) < 4.78 is 11.8. The molecule has 1 N–H and O–H groups in total. The molecule has 1 unspecified atom stereocenters. The summed E-state index contributed by atoms with van der Waals surface area (Å²) in [5, 5.41) is 11.7. The molecule has 2 aromatic rings. The third-order valence-electron chi connectivity index (χ3n) is 6.00. The van der Waals surface area contributed by atoms with Gasteiger partial charge in [-0.1, -0.05) is 31.0 Å². The van der Waals surface area contributed by atoms with E-state index in [1.165, 1.54) is 4.90 Å². The highest BCUT2D eigenvalue weighted by atomic mass is 35.5. The number of hydrogen-bond donors (Lipinski definition) is 1. The molecular formula is C28H35ClN2O5. The van der Waals surface area contributed by atoms with Crippen molar-refractivity contribution >= 4 is 29.1 Å². The molecule has 1 atom stereocenters. The van der Waals surface area contributed by atoms with E-state index >= 15 is 0 Å². The lowest BCUT2D eigenvalue weighted by atomic mass is 9.95. The van der Waals surface area contributed by atoms with E-state index in [4.69, 9.17) is 21.1 Å². The van der Waals surface area contributed by atoms with Crippen LogP contribution in [0.2, 0.25) is 5.02 Å². The highest BCUT2D eigenvalue weighted by molar-refractivity contribution is 6.46. The fraction of sp³-hybridized carbons (Fsp3) is 0.429. The van der Waals surface area contributed by atoms with Crippen molar-refractivity contribution in [1.29, 1.82) is 0 Å². The number of likely N-dealkylation sites (tertiary alicyclic amines) is 1. The predicted octanol–water partition coefficient (Wildman–Crippen LogP) is 5.29. The van der Waals surface area contributed by atoms with Crippen molar-refractivity contribution < 1.29 is 24.2 Å². The van der Waals surface area contributed by atoms with Crippen molar-refractivity contribution in [1.82, 2.24) is 9.80 Å². The van der Waals surface area contributed by atoms with Gasteiger partial charge in [0, 0.05) is 17.1 Å². The number of rotatable bonds is 12. The number of aliphatic hydroxyl groups is 1. The Hall–Kier alpha value is -3.03. The second kappa shape index (κ2) is 12.8. The minimum Gasteiger partial charge on any atom is -0.507 e. The summed E-state index contributed by atoms with van der Waals surface area (Å²) in [6.45, 7) is 6.09. The van der Waals surface area contributed by atoms with E-state index in [1.807, 2.05) is 32.0 Å². The Balaban J connectivity index is 2.09. The number of Topliss-reactive ketones (excluding diaryl/α,β-unsaturated/α-hetero) is 1. The zero-order valence-corrected chi connectivity index (χ0v) is 22.2. The minimum atomic E-state index is -0.758. The van der Waals surface area contributed by atoms with Gasteiger partial charge in [0.25, 0.3) is 11.7 Å². The van der Waals surface area contributed by atoms with Crippen molar-refractivity contribution in [2.45, 2.75) is 39.2 Å². The van der Waals surface area contributed by atoms with E-state index in [0.29, 0.717) is 53.8 Å². The Bertz CT molecular complexity index is 1100. The van der Waals surface area contributed by atoms with Crippen LogP contribution in [-0.4, -0.2) is 67.0 Å². The molecule has 1 fully saturated rings. The first-order valence-electron chi connectivity index (χ1n) is 12.4. The number of nitrogens with zero attached hydrogens (tertiary/aromatic N) is 2. The van der Waals surface area contributed by atoms with Crippen LogP contribution in [0.1, 0.15) is 50.3 Å². The molecule has 0 bridgehead atoms. The number of aliphatic hydroxyl groups excluding tert-OH is 1. The van der Waals surface area contributed by atoms with Crippen LogP contribution in [0.4, 0.5) is 0 Å². The van der Waals surface area contributed by atoms with Crippen molar-refractivity contribution in [3.05, 3.63) is 64.2 Å². The van der Waals surface area contributed by atoms with Gasteiger partial charge in [-0.15, -0.1) is 0 Å². The van der Waals surface area contributed by atoms with Crippen LogP contribution in [0.3, 0.4) is 0 Å². The topological polar surface area (TPSA) is 79.3 Å². The molecule has 3 rings (SSSR count). The van der Waals surface area contributed by atoms with E-state index < -0.39 is 17.7 Å². The summed E-state index contributed by atoms with van der Waals surface area (Å²) in [7, 11) is 3.91. The van der Waals surface area contributed by atoms with E-state index in [9.17, 15) is 14.7 Å². The molecular weight excluding hydrogens is 480 g/mol. The summed E-state index contributed by atoms with van der Waals surface area (Å²) in [5.41, 5.74) is 1.13. The second-order valence-electron chi connectivity index (χ2n) is 9.00. The minimum absolute atomic E-state index is 0.0503. The molecule has 8 heteroatoms. The molecule has 0 radical (unpaired) electrons. The molecule has 0 aliphatic carbocycles. The SMILES string of the molecule is CCCCOc1ccc(C2C(=C(O)c3ccc(Cl)cc3)C(=O)C(=O)N2CCCN(C)C)cc1OCC. The molecule has 1 aliphatic rings. The lowest BCUT2D eigenvalue weighted by Crippen LogP contribution is -2.32. The largest absolute Gasteiger partial charge is 0.507 e. The van der Waals surface area contributed by atoms with Crippen LogP contribution in [-0.2, 0) is 9.59 Å². The van der Waals surface area contributed by atoms with Gasteiger partial charge in [-0.2, -0.15) is 0 Å². The van der Waals surface area contributed by atoms with Gasteiger partial charge >= 0.3 is 0 Å². The molecule has 1 aliphatic heterocycles. The Labute approximate surface area is 218 Å². The average Bonchev–Trinajstić information content (AvgIpc) is 3.10. The quantitative estimate of drug-likeness (QED) is 0.179. The number of carbonyl (C=O) groups excluding carboxylic acids is 2. The van der Waals surface area contributed by atoms with Crippen LogP contribution in [0.5, 0.6) is 11.5 Å². The first kappa shape index (κ1) is 27.6. The number of amides is 1. The average molecular weight is 515 g/mol. The van der Waals surface area contributed by atoms with E-state index in [2.05, 4.69) is 6.92 Å². The van der Waals surface area contributed by atoms with E-state index in [1.54, 1.807) is 36.4 Å². The van der Waals surface area contributed by atoms with Gasteiger partial charge in [-0.3, -0.25) is 9.59 Å². The number of ether oxygens (including phenoxy) is 2. The molecule has 7 nitrogen and oxygen atoms in total. The summed E-state index contributed by atoms with van der Waals surface area (Å²) in [4.78, 5) is 29.9. The standard InChI is InChI=1S/C28H35ClN2O5/c1-5-7-17-36-22-14-11-20(18-23(22)35-6-2)25-24(26(32)19-9-12-21(29)13-10-19)27(33)28(34)31(25)16-8-15-30(3)4/h9-14,18,25,32H,5-8,15-17H2,1-4H3. The van der Waals surface area contributed by atoms with Crippen LogP contribution in [0.25, 0.3) is 5.76 Å². The molecule has 36 heavy (non-hydrogen) atoms. The van der Waals surface area contributed by atoms with Gasteiger partial charge in [-0.05, 0) is 82.4 Å². The molecule has 194 valence electrons. The first-order valence-corrected chi connectivity index (χ1v) is 12.7. The maximum atomic E-state index is 13.2. The lowest BCUT2D eigenvalue weighted by Gasteiger charge is -2.26. The molecule has 0 aromatic heterocycles. The highest BCUT2D eigenvalue weighted by Gasteiger charge is 2.46. The van der Waals surface area contributed by atoms with Crippen LogP contribution < -0.4 is 9.47 Å². The van der Waals surface area contributed by atoms with Crippen molar-refractivity contribution in [3.8, 4) is 11.5 Å². The molecule has 2 aromatic carbocycles. The summed E-state index contributed by atoms with van der Waals surface area (Å²) in [5.74, 6) is -0.423. The van der Waals surface area contributed by atoms with Gasteiger partial charge in [0.15, 0.2) is 11.5 Å². The normalized spacial score (nSPS) is 17.2. The van der Waals surface area contributed by atoms with Gasteiger partial charge in [-0.25, -0.2) is 0 Å². The van der Waals surface area contributed by atoms with Crippen LogP contribution in [0, 0.1) is 0 Å². The third-order valence-corrected chi connectivity index (χ3v) is 6.25. The Morgan fingerprint density at radius 1 is 1.03 bits per heavy atom. The number of benzene rings is 2. The van der Waals surface area contributed by atoms with Crippen LogP contribution in [0.15, 0.2) is 48.0 Å². The summed E-state index contributed by atoms with van der Waals surface area (Å²) in [6, 6.07) is 11.2. The zero-order valence-electron chi connectivity index (χ0n) is 21.4. The molecule has 0 spiro atoms. The molecule has 1 amide bonds. The Morgan fingerprint density at radius 2 is 1.75 bits per heavy atom. The number of ketones is 1. The van der Waals surface area contributed by atoms with Gasteiger partial charge in [0.1, 0.15) is 5.76 Å². The second-order valence-corrected chi connectivity index (χ2v) is 9.43. The van der Waals surface area contributed by atoms with Gasteiger partial charge in [0.2, 0.25) is 0 Å². The van der Waals surface area contributed by atoms with E-state index in [0.717, 1.165) is 19.4 Å². The highest BCUT2D eigenvalue weighted by Crippen LogP contribution is 2.42. The van der Waals surface area contributed by atoms with E-state index in [-0.39, 0.29) is 11.3 Å². The van der Waals surface area contributed by atoms with Crippen LogP contribution >= 0.6 is 11.6 Å². The number of carbonyl (C=O) groups is 2. The molecule has 0 saturated carbocycles. The Morgan fingerprint density at radius 3 is 2.39 bits per heavy atom. The monoisotopic (exact) mass is 514 g/mol. The number of hydrogen-bond acceptors (Lipinski definition) is 6. The summed E-state index contributed by atoms with van der Waals surface area (Å²) in [6.07, 6.45) is 2.60. The maximum absolute atomic E-state index is 13.2. The maximum Gasteiger partial charge on any atom is 0.295 e. The fourth-order valence-electron chi connectivity index (χ4n) is 4.19. The number of unbranched alkanes of at least 4 members (excludes halogenated alkanes) is 1. The molecule has 1 saturated heterocycles. The molecule has 1 heterocycles. The van der Waals surface area contributed by atoms with Crippen molar-refractivity contribution in [2.24, 2.45) is 0 Å². The van der Waals surface area contributed by atoms with Crippen molar-refractivity contribution in [3.63, 3.8) is 0 Å². The van der Waals surface area contributed by atoms with Crippen molar-refractivity contribution in [2.75, 3.05) is 40.4 Å². The third kappa shape index (κ3) is 6.39. The lowest BCUT2D eigenvalue weighted by molar-refractivity contribution is -0.139.